The lowest BCUT2D eigenvalue weighted by atomic mass is 10.3. The van der Waals surface area contributed by atoms with Gasteiger partial charge in [0, 0.05) is 11.8 Å². The number of halogens is 1. The summed E-state index contributed by atoms with van der Waals surface area (Å²) in [6.07, 6.45) is 0. The van der Waals surface area contributed by atoms with Gasteiger partial charge in [-0.3, -0.25) is 20.2 Å². The summed E-state index contributed by atoms with van der Waals surface area (Å²) in [4.78, 5) is 32.9. The number of nitro benzene ring substituents is 1. The minimum Gasteiger partial charge on any atom is -0.481 e. The first-order chi connectivity index (χ1) is 11.5. The Morgan fingerprint density at radius 2 is 1.88 bits per heavy atom. The van der Waals surface area contributed by atoms with Crippen molar-refractivity contribution >= 4 is 23.3 Å². The molecule has 2 N–H and O–H groups in total. The number of nitrogens with zero attached hydrogens (tertiary/aromatic N) is 1. The zero-order valence-electron chi connectivity index (χ0n) is 12.2. The number of rotatable bonds is 5. The lowest BCUT2D eigenvalue weighted by molar-refractivity contribution is -0.385. The fraction of sp³-hybridized carbons (Fsp3) is 0.0667. The van der Waals surface area contributed by atoms with E-state index in [1.807, 2.05) is 5.32 Å². The zero-order chi connectivity index (χ0) is 17.5. The van der Waals surface area contributed by atoms with Crippen molar-refractivity contribution in [2.75, 3.05) is 11.9 Å². The molecule has 9 heteroatoms. The van der Waals surface area contributed by atoms with Crippen LogP contribution in [0.25, 0.3) is 0 Å². The first kappa shape index (κ1) is 16.9. The minimum absolute atomic E-state index is 0.334. The molecule has 0 aliphatic rings. The fourth-order valence-corrected chi connectivity index (χ4v) is 1.71. The molecular weight excluding hydrogens is 321 g/mol. The molecule has 3 amide bonds. The molecule has 0 saturated heterocycles. The summed E-state index contributed by atoms with van der Waals surface area (Å²) in [6.45, 7) is -0.628. The molecule has 0 bridgehead atoms. The Balaban J connectivity index is 1.85. The molecule has 2 aromatic rings. The summed E-state index contributed by atoms with van der Waals surface area (Å²) in [5, 5.41) is 14.9. The van der Waals surface area contributed by atoms with Crippen LogP contribution in [0.1, 0.15) is 0 Å². The minimum atomic E-state index is -0.981. The molecule has 0 heterocycles. The van der Waals surface area contributed by atoms with E-state index in [1.54, 1.807) is 30.3 Å². The highest BCUT2D eigenvalue weighted by Crippen LogP contribution is 2.22. The summed E-state index contributed by atoms with van der Waals surface area (Å²) in [5.74, 6) is -2.12. The van der Waals surface area contributed by atoms with Gasteiger partial charge in [0.25, 0.3) is 11.6 Å². The van der Waals surface area contributed by atoms with Crippen molar-refractivity contribution in [3.63, 3.8) is 0 Å². The molecule has 0 atom stereocenters. The summed E-state index contributed by atoms with van der Waals surface area (Å²) in [6, 6.07) is 10.4. The van der Waals surface area contributed by atoms with Crippen molar-refractivity contribution in [3.8, 4) is 5.75 Å². The van der Waals surface area contributed by atoms with Crippen molar-refractivity contribution in [1.82, 2.24) is 5.32 Å². The molecule has 24 heavy (non-hydrogen) atoms. The van der Waals surface area contributed by atoms with E-state index in [1.165, 1.54) is 0 Å². The standard InChI is InChI=1S/C15H12FN3O5/c16-12-8-11(19(22)23)6-7-13(12)24-9-14(20)18-15(21)17-10-4-2-1-3-5-10/h1-8H,9H2,(H2,17,18,20,21). The van der Waals surface area contributed by atoms with Gasteiger partial charge in [0.05, 0.1) is 11.0 Å². The Labute approximate surface area is 135 Å². The van der Waals surface area contributed by atoms with E-state index < -0.39 is 35.0 Å². The van der Waals surface area contributed by atoms with Crippen LogP contribution in [0.15, 0.2) is 48.5 Å². The number of hydrogen-bond donors (Lipinski definition) is 2. The van der Waals surface area contributed by atoms with E-state index in [9.17, 15) is 24.1 Å². The van der Waals surface area contributed by atoms with Crippen molar-refractivity contribution in [2.24, 2.45) is 0 Å². The number of urea groups is 1. The predicted molar refractivity (Wildman–Crippen MR) is 82.2 cm³/mol. The van der Waals surface area contributed by atoms with Crippen molar-refractivity contribution < 1.29 is 23.6 Å². The summed E-state index contributed by atoms with van der Waals surface area (Å²) >= 11 is 0. The third-order valence-electron chi connectivity index (χ3n) is 2.77. The number of carbonyl (C=O) groups excluding carboxylic acids is 2. The molecule has 2 rings (SSSR count). The zero-order valence-corrected chi connectivity index (χ0v) is 12.2. The Morgan fingerprint density at radius 1 is 1.17 bits per heavy atom. The van der Waals surface area contributed by atoms with Crippen LogP contribution in [0, 0.1) is 15.9 Å². The molecule has 2 aromatic carbocycles. The van der Waals surface area contributed by atoms with E-state index in [-0.39, 0.29) is 5.75 Å². The highest BCUT2D eigenvalue weighted by molar-refractivity contribution is 6.01. The van der Waals surface area contributed by atoms with Crippen LogP contribution in [0.3, 0.4) is 0 Å². The SMILES string of the molecule is O=C(COc1ccc([N+](=O)[O-])cc1F)NC(=O)Nc1ccccc1. The van der Waals surface area contributed by atoms with Crippen molar-refractivity contribution in [2.45, 2.75) is 0 Å². The second-order valence-electron chi connectivity index (χ2n) is 4.53. The molecule has 0 unspecified atom stereocenters. The maximum absolute atomic E-state index is 13.6. The average Bonchev–Trinajstić information content (AvgIpc) is 2.54. The van der Waals surface area contributed by atoms with Gasteiger partial charge < -0.3 is 10.1 Å². The highest BCUT2D eigenvalue weighted by atomic mass is 19.1. The molecule has 0 spiro atoms. The highest BCUT2D eigenvalue weighted by Gasteiger charge is 2.14. The van der Waals surface area contributed by atoms with E-state index in [4.69, 9.17) is 4.74 Å². The topological polar surface area (TPSA) is 111 Å². The molecule has 8 nitrogen and oxygen atoms in total. The van der Waals surface area contributed by atoms with Crippen LogP contribution < -0.4 is 15.4 Å². The molecular formula is C15H12FN3O5. The van der Waals surface area contributed by atoms with Gasteiger partial charge in [-0.25, -0.2) is 9.18 Å². The Hall–Kier alpha value is -3.49. The van der Waals surface area contributed by atoms with Gasteiger partial charge >= 0.3 is 6.03 Å². The molecule has 0 aliphatic carbocycles. The Bertz CT molecular complexity index is 767. The predicted octanol–water partition coefficient (Wildman–Crippen LogP) is 2.46. The van der Waals surface area contributed by atoms with Gasteiger partial charge in [0.15, 0.2) is 18.2 Å². The van der Waals surface area contributed by atoms with Crippen LogP contribution >= 0.6 is 0 Å². The number of amides is 3. The number of imide groups is 1. The third-order valence-corrected chi connectivity index (χ3v) is 2.77. The lowest BCUT2D eigenvalue weighted by Crippen LogP contribution is -2.37. The number of benzene rings is 2. The number of anilines is 1. The maximum atomic E-state index is 13.6. The van der Waals surface area contributed by atoms with Crippen molar-refractivity contribution in [1.29, 1.82) is 0 Å². The lowest BCUT2D eigenvalue weighted by Gasteiger charge is -2.08. The van der Waals surface area contributed by atoms with E-state index in [2.05, 4.69) is 5.32 Å². The van der Waals surface area contributed by atoms with Gasteiger partial charge in [-0.2, -0.15) is 0 Å². The number of nitrogens with one attached hydrogen (secondary N) is 2. The van der Waals surface area contributed by atoms with Crippen LogP contribution in [0.4, 0.5) is 20.6 Å². The Morgan fingerprint density at radius 3 is 2.50 bits per heavy atom. The van der Waals surface area contributed by atoms with Gasteiger partial charge in [-0.1, -0.05) is 18.2 Å². The molecule has 0 aliphatic heterocycles. The van der Waals surface area contributed by atoms with Gasteiger partial charge in [-0.05, 0) is 18.2 Å². The molecule has 0 saturated carbocycles. The van der Waals surface area contributed by atoms with Gasteiger partial charge in [0.1, 0.15) is 0 Å². The summed E-state index contributed by atoms with van der Waals surface area (Å²) in [7, 11) is 0. The first-order valence-corrected chi connectivity index (χ1v) is 6.68. The van der Waals surface area contributed by atoms with Crippen LogP contribution in [0.2, 0.25) is 0 Å². The first-order valence-electron chi connectivity index (χ1n) is 6.68. The Kier molecular flexibility index (Phi) is 5.40. The smallest absolute Gasteiger partial charge is 0.325 e. The number of para-hydroxylation sites is 1. The monoisotopic (exact) mass is 333 g/mol. The third kappa shape index (κ3) is 4.77. The molecule has 0 aromatic heterocycles. The molecule has 0 radical (unpaired) electrons. The number of non-ortho nitro benzene ring substituents is 1. The number of nitro groups is 1. The second kappa shape index (κ2) is 7.68. The van der Waals surface area contributed by atoms with E-state index in [0.29, 0.717) is 11.8 Å². The quantitative estimate of drug-likeness (QED) is 0.645. The molecule has 0 fully saturated rings. The number of hydrogen-bond acceptors (Lipinski definition) is 5. The number of ether oxygens (including phenoxy) is 1. The molecule has 124 valence electrons. The van der Waals surface area contributed by atoms with Crippen molar-refractivity contribution in [3.05, 3.63) is 64.5 Å². The van der Waals surface area contributed by atoms with Crippen LogP contribution in [0.5, 0.6) is 5.75 Å². The average molecular weight is 333 g/mol. The van der Waals surface area contributed by atoms with E-state index in [0.717, 1.165) is 12.1 Å². The number of carbonyl (C=O) groups is 2. The second-order valence-corrected chi connectivity index (χ2v) is 4.53. The van der Waals surface area contributed by atoms with Gasteiger partial charge in [0.2, 0.25) is 0 Å². The summed E-state index contributed by atoms with van der Waals surface area (Å²) in [5.41, 5.74) is 0.0525. The summed E-state index contributed by atoms with van der Waals surface area (Å²) < 4.78 is 18.5. The largest absolute Gasteiger partial charge is 0.481 e. The fourth-order valence-electron chi connectivity index (χ4n) is 1.71. The van der Waals surface area contributed by atoms with E-state index >= 15 is 0 Å². The van der Waals surface area contributed by atoms with Crippen LogP contribution in [-0.4, -0.2) is 23.5 Å². The van der Waals surface area contributed by atoms with Crippen LogP contribution in [-0.2, 0) is 4.79 Å². The van der Waals surface area contributed by atoms with Gasteiger partial charge in [-0.15, -0.1) is 0 Å². The normalized spacial score (nSPS) is 9.88. The maximum Gasteiger partial charge on any atom is 0.325 e.